The Balaban J connectivity index is 1.34. The van der Waals surface area contributed by atoms with E-state index in [1.54, 1.807) is 12.3 Å². The van der Waals surface area contributed by atoms with E-state index in [4.69, 9.17) is 0 Å². The number of anilines is 1. The lowest BCUT2D eigenvalue weighted by Gasteiger charge is -2.35. The van der Waals surface area contributed by atoms with Gasteiger partial charge in [-0.05, 0) is 18.7 Å². The predicted octanol–water partition coefficient (Wildman–Crippen LogP) is 1.19. The van der Waals surface area contributed by atoms with Crippen LogP contribution in [-0.4, -0.2) is 90.0 Å². The first kappa shape index (κ1) is 18.8. The van der Waals surface area contributed by atoms with Crippen molar-refractivity contribution in [2.45, 2.75) is 6.54 Å². The molecule has 2 aliphatic rings. The summed E-state index contributed by atoms with van der Waals surface area (Å²) in [6.07, 6.45) is 1.71. The lowest BCUT2D eigenvalue weighted by molar-refractivity contribution is 0.0622. The standard InChI is InChI=1S/C21H28N6O/c1-24-9-13-27(14-10-24)21-22-8-7-19(23-21)20(28)26-15-11-25(12-16-26)17-18-5-3-2-4-6-18/h2-8H,9-17H2,1H3. The number of piperazine rings is 2. The van der Waals surface area contributed by atoms with Crippen LogP contribution in [0.2, 0.25) is 0 Å². The zero-order chi connectivity index (χ0) is 19.3. The zero-order valence-electron chi connectivity index (χ0n) is 16.5. The number of hydrogen-bond donors (Lipinski definition) is 0. The van der Waals surface area contributed by atoms with E-state index >= 15 is 0 Å². The topological polar surface area (TPSA) is 55.8 Å². The summed E-state index contributed by atoms with van der Waals surface area (Å²) in [4.78, 5) is 30.7. The molecule has 0 N–H and O–H groups in total. The Labute approximate surface area is 166 Å². The number of carbonyl (C=O) groups excluding carboxylic acids is 1. The van der Waals surface area contributed by atoms with Crippen LogP contribution in [0.5, 0.6) is 0 Å². The van der Waals surface area contributed by atoms with Crippen molar-refractivity contribution in [3.8, 4) is 0 Å². The summed E-state index contributed by atoms with van der Waals surface area (Å²) in [5, 5.41) is 0. The normalized spacial score (nSPS) is 19.0. The van der Waals surface area contributed by atoms with Crippen LogP contribution in [0.15, 0.2) is 42.6 Å². The first-order valence-corrected chi connectivity index (χ1v) is 10.0. The third-order valence-electron chi connectivity index (χ3n) is 5.56. The van der Waals surface area contributed by atoms with Gasteiger partial charge in [-0.15, -0.1) is 0 Å². The number of nitrogens with zero attached hydrogens (tertiary/aromatic N) is 6. The highest BCUT2D eigenvalue weighted by Gasteiger charge is 2.24. The van der Waals surface area contributed by atoms with Gasteiger partial charge in [-0.25, -0.2) is 9.97 Å². The molecule has 0 atom stereocenters. The van der Waals surface area contributed by atoms with Gasteiger partial charge < -0.3 is 14.7 Å². The average Bonchev–Trinajstić information content (AvgIpc) is 2.75. The van der Waals surface area contributed by atoms with Crippen LogP contribution in [0.4, 0.5) is 5.95 Å². The molecule has 1 amide bonds. The number of benzene rings is 1. The van der Waals surface area contributed by atoms with Crippen molar-refractivity contribution in [2.24, 2.45) is 0 Å². The second-order valence-corrected chi connectivity index (χ2v) is 7.59. The largest absolute Gasteiger partial charge is 0.338 e. The molecule has 7 heteroatoms. The Hall–Kier alpha value is -2.51. The first-order valence-electron chi connectivity index (χ1n) is 10.0. The highest BCUT2D eigenvalue weighted by Crippen LogP contribution is 2.14. The van der Waals surface area contributed by atoms with E-state index in [1.165, 1.54) is 5.56 Å². The number of amides is 1. The first-order chi connectivity index (χ1) is 13.7. The number of likely N-dealkylation sites (N-methyl/N-ethyl adjacent to an activating group) is 1. The fourth-order valence-electron chi connectivity index (χ4n) is 3.74. The molecule has 0 bridgehead atoms. The van der Waals surface area contributed by atoms with Gasteiger partial charge in [-0.3, -0.25) is 9.69 Å². The van der Waals surface area contributed by atoms with Gasteiger partial charge in [-0.2, -0.15) is 0 Å². The summed E-state index contributed by atoms with van der Waals surface area (Å²) in [7, 11) is 2.12. The van der Waals surface area contributed by atoms with E-state index in [2.05, 4.69) is 56.0 Å². The molecule has 1 aromatic heterocycles. The minimum absolute atomic E-state index is 0.0112. The second kappa shape index (κ2) is 8.67. The summed E-state index contributed by atoms with van der Waals surface area (Å²) in [5.41, 5.74) is 1.82. The van der Waals surface area contributed by atoms with E-state index in [9.17, 15) is 4.79 Å². The summed E-state index contributed by atoms with van der Waals surface area (Å²) in [6, 6.07) is 12.2. The lowest BCUT2D eigenvalue weighted by atomic mass is 10.2. The zero-order valence-corrected chi connectivity index (χ0v) is 16.5. The molecule has 4 rings (SSSR count). The monoisotopic (exact) mass is 380 g/mol. The third-order valence-corrected chi connectivity index (χ3v) is 5.56. The van der Waals surface area contributed by atoms with E-state index in [0.717, 1.165) is 58.9 Å². The molecular formula is C21H28N6O. The molecule has 0 radical (unpaired) electrons. The maximum Gasteiger partial charge on any atom is 0.272 e. The number of hydrogen-bond acceptors (Lipinski definition) is 6. The van der Waals surface area contributed by atoms with Crippen molar-refractivity contribution >= 4 is 11.9 Å². The van der Waals surface area contributed by atoms with Crippen molar-refractivity contribution in [1.29, 1.82) is 0 Å². The van der Waals surface area contributed by atoms with Gasteiger partial charge in [0.1, 0.15) is 5.69 Å². The highest BCUT2D eigenvalue weighted by molar-refractivity contribution is 5.92. The Kier molecular flexibility index (Phi) is 5.83. The van der Waals surface area contributed by atoms with Crippen LogP contribution in [0.1, 0.15) is 16.1 Å². The van der Waals surface area contributed by atoms with Crippen molar-refractivity contribution in [1.82, 2.24) is 24.7 Å². The van der Waals surface area contributed by atoms with Gasteiger partial charge in [0.15, 0.2) is 0 Å². The Bertz CT molecular complexity index is 782. The molecule has 0 spiro atoms. The summed E-state index contributed by atoms with van der Waals surface area (Å²) in [5.74, 6) is 0.679. The van der Waals surface area contributed by atoms with E-state index in [0.29, 0.717) is 11.6 Å². The Morgan fingerprint density at radius 3 is 2.36 bits per heavy atom. The lowest BCUT2D eigenvalue weighted by Crippen LogP contribution is -2.48. The van der Waals surface area contributed by atoms with Crippen molar-refractivity contribution in [3.05, 3.63) is 53.9 Å². The van der Waals surface area contributed by atoms with Crippen molar-refractivity contribution in [2.75, 3.05) is 64.3 Å². The van der Waals surface area contributed by atoms with E-state index < -0.39 is 0 Å². The van der Waals surface area contributed by atoms with Crippen LogP contribution in [0, 0.1) is 0 Å². The van der Waals surface area contributed by atoms with Crippen molar-refractivity contribution in [3.63, 3.8) is 0 Å². The van der Waals surface area contributed by atoms with E-state index in [-0.39, 0.29) is 5.91 Å². The van der Waals surface area contributed by atoms with Gasteiger partial charge in [0.05, 0.1) is 0 Å². The number of rotatable bonds is 4. The van der Waals surface area contributed by atoms with Crippen LogP contribution in [-0.2, 0) is 6.54 Å². The molecule has 0 saturated carbocycles. The van der Waals surface area contributed by atoms with Crippen LogP contribution < -0.4 is 4.90 Å². The summed E-state index contributed by atoms with van der Waals surface area (Å²) in [6.45, 7) is 7.95. The fourth-order valence-corrected chi connectivity index (χ4v) is 3.74. The molecule has 0 aliphatic carbocycles. The maximum absolute atomic E-state index is 12.9. The number of carbonyl (C=O) groups is 1. The minimum atomic E-state index is 0.0112. The quantitative estimate of drug-likeness (QED) is 0.794. The van der Waals surface area contributed by atoms with Crippen LogP contribution in [0.3, 0.4) is 0 Å². The minimum Gasteiger partial charge on any atom is -0.338 e. The molecule has 148 valence electrons. The number of aromatic nitrogens is 2. The molecule has 2 aromatic rings. The summed E-state index contributed by atoms with van der Waals surface area (Å²) >= 11 is 0. The molecule has 2 fully saturated rings. The molecule has 0 unspecified atom stereocenters. The van der Waals surface area contributed by atoms with Crippen LogP contribution >= 0.6 is 0 Å². The predicted molar refractivity (Wildman–Crippen MR) is 109 cm³/mol. The van der Waals surface area contributed by atoms with Gasteiger partial charge in [0, 0.05) is 65.1 Å². The molecule has 28 heavy (non-hydrogen) atoms. The maximum atomic E-state index is 12.9. The van der Waals surface area contributed by atoms with Gasteiger partial charge in [0.25, 0.3) is 5.91 Å². The molecule has 2 aliphatic heterocycles. The van der Waals surface area contributed by atoms with Gasteiger partial charge in [-0.1, -0.05) is 30.3 Å². The molecule has 1 aromatic carbocycles. The molecule has 3 heterocycles. The molecular weight excluding hydrogens is 352 g/mol. The van der Waals surface area contributed by atoms with Gasteiger partial charge in [0.2, 0.25) is 5.95 Å². The SMILES string of the molecule is CN1CCN(c2nccc(C(=O)N3CCN(Cc4ccccc4)CC3)n2)CC1. The smallest absolute Gasteiger partial charge is 0.272 e. The van der Waals surface area contributed by atoms with Gasteiger partial charge >= 0.3 is 0 Å². The summed E-state index contributed by atoms with van der Waals surface area (Å²) < 4.78 is 0. The van der Waals surface area contributed by atoms with Crippen molar-refractivity contribution < 1.29 is 4.79 Å². The molecule has 2 saturated heterocycles. The second-order valence-electron chi connectivity index (χ2n) is 7.59. The Morgan fingerprint density at radius 1 is 0.929 bits per heavy atom. The third kappa shape index (κ3) is 4.48. The van der Waals surface area contributed by atoms with Crippen LogP contribution in [0.25, 0.3) is 0 Å². The highest BCUT2D eigenvalue weighted by atomic mass is 16.2. The van der Waals surface area contributed by atoms with E-state index in [1.807, 2.05) is 11.0 Å². The fraction of sp³-hybridized carbons (Fsp3) is 0.476. The average molecular weight is 380 g/mol. The molecule has 7 nitrogen and oxygen atoms in total. The Morgan fingerprint density at radius 2 is 1.64 bits per heavy atom.